The number of halogens is 3. The number of aliphatic hydroxyl groups is 1. The van der Waals surface area contributed by atoms with Crippen molar-refractivity contribution < 1.29 is 27.8 Å². The van der Waals surface area contributed by atoms with Crippen molar-refractivity contribution >= 4 is 5.97 Å². The van der Waals surface area contributed by atoms with Crippen LogP contribution in [0.4, 0.5) is 13.2 Å². The summed E-state index contributed by atoms with van der Waals surface area (Å²) in [4.78, 5) is 11.1. The number of ether oxygens (including phenoxy) is 1. The Hall–Kier alpha value is -1.82. The van der Waals surface area contributed by atoms with Gasteiger partial charge in [0, 0.05) is 0 Å². The van der Waals surface area contributed by atoms with E-state index in [0.29, 0.717) is 0 Å². The second-order valence-corrected chi connectivity index (χ2v) is 3.54. The fraction of sp³-hybridized carbons (Fsp3) is 0.250. The lowest BCUT2D eigenvalue weighted by atomic mass is 10.0. The molecule has 1 atom stereocenters. The average molecular weight is 260 g/mol. The van der Waals surface area contributed by atoms with Gasteiger partial charge in [0.05, 0.1) is 18.2 Å². The van der Waals surface area contributed by atoms with Crippen molar-refractivity contribution in [1.29, 1.82) is 0 Å². The third-order valence-corrected chi connectivity index (χ3v) is 2.33. The largest absolute Gasteiger partial charge is 0.466 e. The summed E-state index contributed by atoms with van der Waals surface area (Å²) in [7, 11) is 1.12. The average Bonchev–Trinajstić information content (AvgIpc) is 2.35. The highest BCUT2D eigenvalue weighted by Gasteiger charge is 2.30. The lowest BCUT2D eigenvalue weighted by Gasteiger charge is -2.13. The normalized spacial score (nSPS) is 12.9. The molecule has 0 aromatic heterocycles. The molecule has 18 heavy (non-hydrogen) atoms. The highest BCUT2D eigenvalue weighted by Crippen LogP contribution is 2.30. The van der Waals surface area contributed by atoms with Gasteiger partial charge in [-0.2, -0.15) is 13.2 Å². The number of hydrogen-bond acceptors (Lipinski definition) is 3. The summed E-state index contributed by atoms with van der Waals surface area (Å²) in [5.74, 6) is -0.817. The molecule has 0 heterocycles. The third-order valence-electron chi connectivity index (χ3n) is 2.33. The minimum atomic E-state index is -4.44. The first-order valence-corrected chi connectivity index (χ1v) is 4.89. The molecule has 0 unspecified atom stereocenters. The summed E-state index contributed by atoms with van der Waals surface area (Å²) in [5.41, 5.74) is -0.933. The Kier molecular flexibility index (Phi) is 4.13. The minimum Gasteiger partial charge on any atom is -0.466 e. The molecular weight excluding hydrogens is 249 g/mol. The molecule has 0 aliphatic heterocycles. The van der Waals surface area contributed by atoms with Gasteiger partial charge in [-0.3, -0.25) is 0 Å². The number of aliphatic hydroxyl groups excluding tert-OH is 1. The van der Waals surface area contributed by atoms with Crippen LogP contribution in [0, 0.1) is 0 Å². The Morgan fingerprint density at radius 3 is 2.22 bits per heavy atom. The number of methoxy groups -OCH3 is 1. The lowest BCUT2D eigenvalue weighted by Crippen LogP contribution is -2.12. The van der Waals surface area contributed by atoms with Crippen LogP contribution < -0.4 is 0 Å². The molecule has 1 aromatic rings. The van der Waals surface area contributed by atoms with E-state index >= 15 is 0 Å². The zero-order valence-corrected chi connectivity index (χ0v) is 9.49. The second-order valence-electron chi connectivity index (χ2n) is 3.54. The molecule has 0 spiro atoms. The fourth-order valence-corrected chi connectivity index (χ4v) is 1.30. The number of carbonyl (C=O) groups is 1. The second kappa shape index (κ2) is 5.22. The van der Waals surface area contributed by atoms with E-state index in [1.165, 1.54) is 0 Å². The van der Waals surface area contributed by atoms with Crippen molar-refractivity contribution in [3.8, 4) is 0 Å². The highest BCUT2D eigenvalue weighted by atomic mass is 19.4. The number of esters is 1. The Morgan fingerprint density at radius 2 is 1.83 bits per heavy atom. The summed E-state index contributed by atoms with van der Waals surface area (Å²) in [6.45, 7) is 3.33. The van der Waals surface area contributed by atoms with Crippen LogP contribution in [0.25, 0.3) is 0 Å². The summed E-state index contributed by atoms with van der Waals surface area (Å²) >= 11 is 0. The monoisotopic (exact) mass is 260 g/mol. The smallest absolute Gasteiger partial charge is 0.416 e. The van der Waals surface area contributed by atoms with Crippen molar-refractivity contribution in [1.82, 2.24) is 0 Å². The van der Waals surface area contributed by atoms with Gasteiger partial charge in [0.25, 0.3) is 0 Å². The molecule has 98 valence electrons. The van der Waals surface area contributed by atoms with E-state index in [-0.39, 0.29) is 11.1 Å². The number of carbonyl (C=O) groups excluding carboxylic acids is 1. The topological polar surface area (TPSA) is 46.5 Å². The molecule has 6 heteroatoms. The van der Waals surface area contributed by atoms with Gasteiger partial charge in [-0.05, 0) is 17.7 Å². The molecule has 0 radical (unpaired) electrons. The van der Waals surface area contributed by atoms with Crippen molar-refractivity contribution in [2.24, 2.45) is 0 Å². The van der Waals surface area contributed by atoms with Crippen molar-refractivity contribution in [3.63, 3.8) is 0 Å². The van der Waals surface area contributed by atoms with Gasteiger partial charge in [0.15, 0.2) is 0 Å². The maximum Gasteiger partial charge on any atom is 0.416 e. The van der Waals surface area contributed by atoms with Crippen LogP contribution in [0.15, 0.2) is 36.4 Å². The zero-order chi connectivity index (χ0) is 13.9. The molecule has 0 saturated carbocycles. The van der Waals surface area contributed by atoms with Crippen molar-refractivity contribution in [2.45, 2.75) is 12.3 Å². The first-order chi connectivity index (χ1) is 8.27. The molecule has 0 bridgehead atoms. The summed E-state index contributed by atoms with van der Waals surface area (Å²) < 4.78 is 41.3. The number of benzene rings is 1. The van der Waals surface area contributed by atoms with Crippen LogP contribution in [0.2, 0.25) is 0 Å². The van der Waals surface area contributed by atoms with Gasteiger partial charge in [-0.1, -0.05) is 18.7 Å². The molecule has 1 rings (SSSR count). The summed E-state index contributed by atoms with van der Waals surface area (Å²) in [5, 5.41) is 9.70. The molecule has 0 fully saturated rings. The van der Waals surface area contributed by atoms with Gasteiger partial charge in [-0.15, -0.1) is 0 Å². The van der Waals surface area contributed by atoms with Crippen LogP contribution in [-0.2, 0) is 15.7 Å². The van der Waals surface area contributed by atoms with Gasteiger partial charge in [-0.25, -0.2) is 4.79 Å². The van der Waals surface area contributed by atoms with E-state index in [1.54, 1.807) is 0 Å². The Labute approximate surface area is 101 Å². The molecular formula is C12H11F3O3. The molecule has 0 saturated heterocycles. The quantitative estimate of drug-likeness (QED) is 0.670. The maximum atomic E-state index is 12.3. The number of rotatable bonds is 3. The van der Waals surface area contributed by atoms with E-state index in [2.05, 4.69) is 11.3 Å². The lowest BCUT2D eigenvalue weighted by molar-refractivity contribution is -0.138. The van der Waals surface area contributed by atoms with E-state index in [9.17, 15) is 23.1 Å². The van der Waals surface area contributed by atoms with E-state index in [0.717, 1.165) is 31.4 Å². The molecule has 1 N–H and O–H groups in total. The van der Waals surface area contributed by atoms with Crippen molar-refractivity contribution in [3.05, 3.63) is 47.5 Å². The highest BCUT2D eigenvalue weighted by molar-refractivity contribution is 5.88. The maximum absolute atomic E-state index is 12.3. The van der Waals surface area contributed by atoms with Gasteiger partial charge < -0.3 is 9.84 Å². The van der Waals surface area contributed by atoms with Crippen LogP contribution in [0.1, 0.15) is 17.2 Å². The summed E-state index contributed by atoms with van der Waals surface area (Å²) in [6, 6.07) is 3.81. The molecule has 1 aromatic carbocycles. The van der Waals surface area contributed by atoms with Gasteiger partial charge in [0.2, 0.25) is 0 Å². The van der Waals surface area contributed by atoms with Crippen LogP contribution in [0.3, 0.4) is 0 Å². The number of alkyl halides is 3. The van der Waals surface area contributed by atoms with Crippen LogP contribution in [-0.4, -0.2) is 18.2 Å². The standard InChI is InChI=1S/C12H11F3O3/c1-7(11(17)18-2)10(16)8-3-5-9(6-4-8)12(13,14)15/h3-6,10,16H,1H2,2H3/t10-/m0/s1. The van der Waals surface area contributed by atoms with Gasteiger partial charge >= 0.3 is 12.1 Å². The SMILES string of the molecule is C=C(C(=O)OC)[C@H](O)c1ccc(C(F)(F)F)cc1. The zero-order valence-electron chi connectivity index (χ0n) is 9.49. The van der Waals surface area contributed by atoms with Gasteiger partial charge in [0.1, 0.15) is 6.10 Å². The van der Waals surface area contributed by atoms with Crippen LogP contribution >= 0.6 is 0 Å². The van der Waals surface area contributed by atoms with E-state index in [4.69, 9.17) is 0 Å². The van der Waals surface area contributed by atoms with Crippen LogP contribution in [0.5, 0.6) is 0 Å². The van der Waals surface area contributed by atoms with Crippen molar-refractivity contribution in [2.75, 3.05) is 7.11 Å². The molecule has 0 aliphatic carbocycles. The fourth-order valence-electron chi connectivity index (χ4n) is 1.30. The summed E-state index contributed by atoms with van der Waals surface area (Å²) in [6.07, 6.45) is -5.83. The molecule has 3 nitrogen and oxygen atoms in total. The first-order valence-electron chi connectivity index (χ1n) is 4.89. The Morgan fingerprint density at radius 1 is 1.33 bits per heavy atom. The Balaban J connectivity index is 2.92. The Bertz CT molecular complexity index is 449. The molecule has 0 amide bonds. The van der Waals surface area contributed by atoms with E-state index < -0.39 is 23.8 Å². The third kappa shape index (κ3) is 3.10. The first kappa shape index (κ1) is 14.2. The van der Waals surface area contributed by atoms with E-state index in [1.807, 2.05) is 0 Å². The molecule has 0 aliphatic rings. The predicted octanol–water partition coefficient (Wildman–Crippen LogP) is 2.47. The number of hydrogen-bond donors (Lipinski definition) is 1. The predicted molar refractivity (Wildman–Crippen MR) is 57.6 cm³/mol. The minimum absolute atomic E-state index is 0.137.